The van der Waals surface area contributed by atoms with E-state index in [0.29, 0.717) is 5.75 Å². The van der Waals surface area contributed by atoms with Crippen molar-refractivity contribution in [1.29, 1.82) is 0 Å². The molecule has 152 valence electrons. The number of benzene rings is 1. The van der Waals surface area contributed by atoms with Crippen LogP contribution in [0.15, 0.2) is 47.6 Å². The molecule has 11 heteroatoms. The molecule has 0 amide bonds. The third kappa shape index (κ3) is 6.35. The molecule has 2 aromatic rings. The van der Waals surface area contributed by atoms with Crippen molar-refractivity contribution in [2.75, 3.05) is 11.1 Å². The first kappa shape index (κ1) is 22.4. The van der Waals surface area contributed by atoms with E-state index in [-0.39, 0.29) is 20.6 Å². The summed E-state index contributed by atoms with van der Waals surface area (Å²) in [4.78, 5) is 3.59. The zero-order chi connectivity index (χ0) is 20.8. The van der Waals surface area contributed by atoms with Crippen molar-refractivity contribution < 1.29 is 21.6 Å². The second-order valence-electron chi connectivity index (χ2n) is 5.67. The Labute approximate surface area is 171 Å². The molecule has 1 heterocycles. The first-order valence-electron chi connectivity index (χ1n) is 8.21. The molecule has 2 rings (SSSR count). The van der Waals surface area contributed by atoms with Crippen LogP contribution in [0.1, 0.15) is 25.3 Å². The van der Waals surface area contributed by atoms with Gasteiger partial charge in [0, 0.05) is 23.8 Å². The van der Waals surface area contributed by atoms with E-state index in [2.05, 4.69) is 15.0 Å². The average molecular weight is 450 g/mol. The molecule has 5 nitrogen and oxygen atoms in total. The number of nitrogens with one attached hydrogen (secondary N) is 2. The Hall–Kier alpha value is -1.85. The minimum Gasteiger partial charge on any atom is -0.354 e. The second kappa shape index (κ2) is 9.57. The largest absolute Gasteiger partial charge is 0.416 e. The van der Waals surface area contributed by atoms with E-state index in [4.69, 9.17) is 12.2 Å². The Kier molecular flexibility index (Phi) is 7.67. The number of hydrogen-bond acceptors (Lipinski definition) is 6. The van der Waals surface area contributed by atoms with E-state index in [1.165, 1.54) is 36.2 Å². The standard InChI is InChI=1S/C17H18F3N3O2S3/c1-2-3-9-27-16(26)23-28(24,25)15-11-21-8-7-14(15)22-13-6-4-5-12(10-13)17(18,19)20/h4-8,10-11H,2-3,9H2,1H3,(H,21,22)(H,23,26). The predicted octanol–water partition coefficient (Wildman–Crippen LogP) is 4.94. The molecule has 0 saturated carbocycles. The maximum atomic E-state index is 12.9. The van der Waals surface area contributed by atoms with Gasteiger partial charge in [-0.05, 0) is 30.7 Å². The number of rotatable bonds is 7. The number of nitrogens with zero attached hydrogens (tertiary/aromatic N) is 1. The summed E-state index contributed by atoms with van der Waals surface area (Å²) in [6.07, 6.45) is -0.215. The number of aromatic nitrogens is 1. The van der Waals surface area contributed by atoms with Gasteiger partial charge in [-0.25, -0.2) is 8.42 Å². The van der Waals surface area contributed by atoms with Gasteiger partial charge in [-0.3, -0.25) is 9.71 Å². The molecule has 0 spiro atoms. The summed E-state index contributed by atoms with van der Waals surface area (Å²) < 4.78 is 66.3. The van der Waals surface area contributed by atoms with Crippen molar-refractivity contribution in [3.05, 3.63) is 48.3 Å². The van der Waals surface area contributed by atoms with E-state index >= 15 is 0 Å². The molecule has 0 aliphatic carbocycles. The van der Waals surface area contributed by atoms with Crippen LogP contribution in [-0.4, -0.2) is 23.5 Å². The van der Waals surface area contributed by atoms with E-state index in [1.54, 1.807) is 0 Å². The first-order chi connectivity index (χ1) is 13.1. The molecule has 0 aliphatic rings. The van der Waals surface area contributed by atoms with Gasteiger partial charge in [-0.2, -0.15) is 13.2 Å². The molecule has 0 unspecified atom stereocenters. The summed E-state index contributed by atoms with van der Waals surface area (Å²) in [5.74, 6) is 0.681. The molecule has 0 saturated heterocycles. The van der Waals surface area contributed by atoms with Crippen molar-refractivity contribution in [2.24, 2.45) is 0 Å². The molecule has 0 atom stereocenters. The molecular weight excluding hydrogens is 431 g/mol. The van der Waals surface area contributed by atoms with Gasteiger partial charge in [0.2, 0.25) is 0 Å². The summed E-state index contributed by atoms with van der Waals surface area (Å²) in [7, 11) is -4.05. The molecule has 2 N–H and O–H groups in total. The number of hydrogen-bond donors (Lipinski definition) is 2. The van der Waals surface area contributed by atoms with Crippen LogP contribution in [-0.2, 0) is 16.2 Å². The molecule has 28 heavy (non-hydrogen) atoms. The Morgan fingerprint density at radius 1 is 1.29 bits per heavy atom. The number of alkyl halides is 3. The normalized spacial score (nSPS) is 11.9. The maximum absolute atomic E-state index is 12.9. The molecule has 1 aromatic heterocycles. The van der Waals surface area contributed by atoms with Crippen molar-refractivity contribution in [1.82, 2.24) is 9.71 Å². The lowest BCUT2D eigenvalue weighted by molar-refractivity contribution is -0.137. The SMILES string of the molecule is CCCCSC(=S)NS(=O)(=O)c1cnccc1Nc1cccc(C(F)(F)F)c1. The highest BCUT2D eigenvalue weighted by molar-refractivity contribution is 8.23. The zero-order valence-electron chi connectivity index (χ0n) is 14.8. The molecule has 1 aromatic carbocycles. The van der Waals surface area contributed by atoms with Crippen LogP contribution in [0, 0.1) is 0 Å². The third-order valence-electron chi connectivity index (χ3n) is 3.49. The highest BCUT2D eigenvalue weighted by Crippen LogP contribution is 2.32. The van der Waals surface area contributed by atoms with Gasteiger partial charge in [0.1, 0.15) is 9.22 Å². The number of sulfonamides is 1. The summed E-state index contributed by atoms with van der Waals surface area (Å²) >= 11 is 6.27. The minimum absolute atomic E-state index is 0.0863. The Bertz CT molecular complexity index is 934. The Morgan fingerprint density at radius 2 is 2.04 bits per heavy atom. The summed E-state index contributed by atoms with van der Waals surface area (Å²) in [5.41, 5.74) is -0.664. The number of thiocarbonyl (C=S) groups is 1. The van der Waals surface area contributed by atoms with Gasteiger partial charge in [-0.1, -0.05) is 43.4 Å². The van der Waals surface area contributed by atoms with Crippen LogP contribution in [0.4, 0.5) is 24.5 Å². The van der Waals surface area contributed by atoms with Gasteiger partial charge in [-0.15, -0.1) is 0 Å². The van der Waals surface area contributed by atoms with Crippen LogP contribution in [0.2, 0.25) is 0 Å². The van der Waals surface area contributed by atoms with E-state index in [0.717, 1.165) is 31.2 Å². The predicted molar refractivity (Wildman–Crippen MR) is 109 cm³/mol. The van der Waals surface area contributed by atoms with Crippen LogP contribution >= 0.6 is 24.0 Å². The summed E-state index contributed by atoms with van der Waals surface area (Å²) in [6, 6.07) is 5.84. The zero-order valence-corrected chi connectivity index (χ0v) is 17.2. The summed E-state index contributed by atoms with van der Waals surface area (Å²) in [6.45, 7) is 2.01. The van der Waals surface area contributed by atoms with Crippen LogP contribution < -0.4 is 10.0 Å². The van der Waals surface area contributed by atoms with Crippen LogP contribution in [0.25, 0.3) is 0 Å². The lowest BCUT2D eigenvalue weighted by atomic mass is 10.2. The van der Waals surface area contributed by atoms with E-state index in [1.807, 2.05) is 6.92 Å². The number of thioether (sulfide) groups is 1. The van der Waals surface area contributed by atoms with Gasteiger partial charge in [0.25, 0.3) is 10.0 Å². The molecular formula is C17H18F3N3O2S3. The van der Waals surface area contributed by atoms with Crippen molar-refractivity contribution in [2.45, 2.75) is 30.8 Å². The summed E-state index contributed by atoms with van der Waals surface area (Å²) in [5, 5.41) is 2.71. The second-order valence-corrected chi connectivity index (χ2v) is 9.09. The smallest absolute Gasteiger partial charge is 0.354 e. The average Bonchev–Trinajstić information content (AvgIpc) is 2.61. The minimum atomic E-state index is -4.51. The fourth-order valence-corrected chi connectivity index (χ4v) is 4.83. The molecule has 0 aliphatic heterocycles. The van der Waals surface area contributed by atoms with Crippen LogP contribution in [0.3, 0.4) is 0 Å². The lowest BCUT2D eigenvalue weighted by Crippen LogP contribution is -2.28. The monoisotopic (exact) mass is 449 g/mol. The molecule has 0 bridgehead atoms. The van der Waals surface area contributed by atoms with Gasteiger partial charge in [0.15, 0.2) is 0 Å². The number of anilines is 2. The van der Waals surface area contributed by atoms with Crippen molar-refractivity contribution in [3.8, 4) is 0 Å². The Balaban J connectivity index is 2.24. The Morgan fingerprint density at radius 3 is 2.71 bits per heavy atom. The highest BCUT2D eigenvalue weighted by atomic mass is 32.2. The van der Waals surface area contributed by atoms with Gasteiger partial charge < -0.3 is 5.32 Å². The van der Waals surface area contributed by atoms with E-state index < -0.39 is 21.8 Å². The molecule has 0 fully saturated rings. The third-order valence-corrected chi connectivity index (χ3v) is 6.44. The number of halogens is 3. The lowest BCUT2D eigenvalue weighted by Gasteiger charge is -2.15. The highest BCUT2D eigenvalue weighted by Gasteiger charge is 2.30. The van der Waals surface area contributed by atoms with Gasteiger partial charge in [0.05, 0.1) is 11.3 Å². The van der Waals surface area contributed by atoms with E-state index in [9.17, 15) is 21.6 Å². The van der Waals surface area contributed by atoms with Crippen molar-refractivity contribution in [3.63, 3.8) is 0 Å². The van der Waals surface area contributed by atoms with Crippen LogP contribution in [0.5, 0.6) is 0 Å². The van der Waals surface area contributed by atoms with Crippen molar-refractivity contribution >= 4 is 49.7 Å². The number of pyridine rings is 1. The first-order valence-corrected chi connectivity index (χ1v) is 11.1. The molecule has 0 radical (unpaired) electrons. The number of unbranched alkanes of at least 4 members (excludes halogenated alkanes) is 1. The fraction of sp³-hybridized carbons (Fsp3) is 0.294. The quantitative estimate of drug-likeness (QED) is 0.461. The van der Waals surface area contributed by atoms with Gasteiger partial charge >= 0.3 is 6.18 Å². The topological polar surface area (TPSA) is 71.1 Å². The fourth-order valence-electron chi connectivity index (χ4n) is 2.13. The maximum Gasteiger partial charge on any atom is 0.416 e.